The molecule has 2 fully saturated rings. The lowest BCUT2D eigenvalue weighted by atomic mass is 10.1. The van der Waals surface area contributed by atoms with E-state index in [0.29, 0.717) is 12.8 Å². The molecule has 1 aliphatic heterocycles. The quantitative estimate of drug-likeness (QED) is 0.739. The van der Waals surface area contributed by atoms with Gasteiger partial charge in [0.1, 0.15) is 17.7 Å². The van der Waals surface area contributed by atoms with E-state index in [4.69, 9.17) is 0 Å². The van der Waals surface area contributed by atoms with E-state index in [-0.39, 0.29) is 23.7 Å². The van der Waals surface area contributed by atoms with Crippen molar-refractivity contribution in [2.45, 2.75) is 44.2 Å². The highest BCUT2D eigenvalue weighted by Gasteiger charge is 2.47. The Balaban J connectivity index is 1.69. The van der Waals surface area contributed by atoms with Crippen LogP contribution in [-0.2, 0) is 9.59 Å². The van der Waals surface area contributed by atoms with E-state index in [1.807, 2.05) is 0 Å². The van der Waals surface area contributed by atoms with Gasteiger partial charge in [0.15, 0.2) is 0 Å². The molecule has 4 rings (SSSR count). The number of benzene rings is 2. The van der Waals surface area contributed by atoms with E-state index >= 15 is 0 Å². The van der Waals surface area contributed by atoms with Crippen LogP contribution in [0.3, 0.4) is 0 Å². The summed E-state index contributed by atoms with van der Waals surface area (Å²) in [6, 6.07) is 9.47. The predicted molar refractivity (Wildman–Crippen MR) is 102 cm³/mol. The molecule has 5 nitrogen and oxygen atoms in total. The lowest BCUT2D eigenvalue weighted by Crippen LogP contribution is -2.50. The molecule has 0 bridgehead atoms. The molecular formula is C22H20F2N2O3. The first-order valence-electron chi connectivity index (χ1n) is 9.67. The second-order valence-corrected chi connectivity index (χ2v) is 7.39. The Labute approximate surface area is 166 Å². The molecule has 1 heterocycles. The van der Waals surface area contributed by atoms with Gasteiger partial charge in [-0.2, -0.15) is 0 Å². The first kappa shape index (κ1) is 19.2. The lowest BCUT2D eigenvalue weighted by Gasteiger charge is -2.33. The molecule has 1 atom stereocenters. The first-order valence-corrected chi connectivity index (χ1v) is 9.67. The van der Waals surface area contributed by atoms with Crippen molar-refractivity contribution in [2.75, 3.05) is 4.90 Å². The fourth-order valence-electron chi connectivity index (χ4n) is 4.21. The first-order chi connectivity index (χ1) is 14.0. The maximum Gasteiger partial charge on any atom is 0.257 e. The molecule has 1 saturated heterocycles. The van der Waals surface area contributed by atoms with E-state index in [9.17, 15) is 23.2 Å². The molecule has 7 heteroatoms. The zero-order valence-corrected chi connectivity index (χ0v) is 15.7. The van der Waals surface area contributed by atoms with Gasteiger partial charge in [-0.1, -0.05) is 25.0 Å². The average Bonchev–Trinajstić information content (AvgIpc) is 3.32. The summed E-state index contributed by atoms with van der Waals surface area (Å²) < 4.78 is 27.5. The second-order valence-electron chi connectivity index (χ2n) is 7.39. The third-order valence-electron chi connectivity index (χ3n) is 5.60. The molecule has 0 radical (unpaired) electrons. The summed E-state index contributed by atoms with van der Waals surface area (Å²) in [4.78, 5) is 41.4. The Bertz CT molecular complexity index is 955. The Morgan fingerprint density at radius 2 is 1.62 bits per heavy atom. The van der Waals surface area contributed by atoms with Crippen LogP contribution in [0.2, 0.25) is 0 Å². The number of imide groups is 1. The maximum atomic E-state index is 14.3. The Morgan fingerprint density at radius 1 is 0.966 bits per heavy atom. The minimum atomic E-state index is -0.997. The number of anilines is 1. The summed E-state index contributed by atoms with van der Waals surface area (Å²) in [5, 5.41) is 0. The molecule has 0 aromatic heterocycles. The monoisotopic (exact) mass is 398 g/mol. The third-order valence-corrected chi connectivity index (χ3v) is 5.60. The van der Waals surface area contributed by atoms with Crippen molar-refractivity contribution in [3.05, 3.63) is 65.7 Å². The largest absolute Gasteiger partial charge is 0.323 e. The summed E-state index contributed by atoms with van der Waals surface area (Å²) in [6.07, 6.45) is 3.04. The van der Waals surface area contributed by atoms with Gasteiger partial charge in [0.25, 0.3) is 11.8 Å². The van der Waals surface area contributed by atoms with Crippen molar-refractivity contribution in [2.24, 2.45) is 0 Å². The van der Waals surface area contributed by atoms with Gasteiger partial charge in [-0.15, -0.1) is 0 Å². The standard InChI is InChI=1S/C22H20F2N2O3/c23-14-9-11-16(12-10-14)26-20(27)13-19(22(26)29)25(15-5-1-2-6-15)21(28)17-7-3-4-8-18(17)24/h3-4,7-12,15,19H,1-2,5-6,13H2. The molecule has 2 aromatic carbocycles. The minimum absolute atomic E-state index is 0.111. The van der Waals surface area contributed by atoms with Gasteiger partial charge in [-0.05, 0) is 49.2 Å². The van der Waals surface area contributed by atoms with Crippen LogP contribution < -0.4 is 4.90 Å². The number of amides is 3. The van der Waals surface area contributed by atoms with Gasteiger partial charge in [0.05, 0.1) is 17.7 Å². The van der Waals surface area contributed by atoms with Crippen LogP contribution in [0.1, 0.15) is 42.5 Å². The van der Waals surface area contributed by atoms with Crippen LogP contribution in [0, 0.1) is 11.6 Å². The van der Waals surface area contributed by atoms with Crippen molar-refractivity contribution in [3.8, 4) is 0 Å². The topological polar surface area (TPSA) is 57.7 Å². The van der Waals surface area contributed by atoms with Crippen LogP contribution in [0.25, 0.3) is 0 Å². The van der Waals surface area contributed by atoms with Gasteiger partial charge in [-0.25, -0.2) is 13.7 Å². The summed E-state index contributed by atoms with van der Waals surface area (Å²) >= 11 is 0. The summed E-state index contributed by atoms with van der Waals surface area (Å²) in [7, 11) is 0. The third kappa shape index (κ3) is 3.52. The predicted octanol–water partition coefficient (Wildman–Crippen LogP) is 3.68. The van der Waals surface area contributed by atoms with Crippen molar-refractivity contribution in [1.82, 2.24) is 4.90 Å². The van der Waals surface area contributed by atoms with E-state index in [0.717, 1.165) is 17.7 Å². The van der Waals surface area contributed by atoms with Gasteiger partial charge in [0.2, 0.25) is 5.91 Å². The molecule has 1 aliphatic carbocycles. The van der Waals surface area contributed by atoms with Gasteiger partial charge >= 0.3 is 0 Å². The molecule has 1 saturated carbocycles. The van der Waals surface area contributed by atoms with Crippen LogP contribution in [-0.4, -0.2) is 34.7 Å². The summed E-state index contributed by atoms with van der Waals surface area (Å²) in [6.45, 7) is 0. The zero-order chi connectivity index (χ0) is 20.5. The number of rotatable bonds is 4. The summed E-state index contributed by atoms with van der Waals surface area (Å²) in [5.41, 5.74) is 0.147. The van der Waals surface area contributed by atoms with Gasteiger partial charge in [0, 0.05) is 6.04 Å². The van der Waals surface area contributed by atoms with E-state index in [2.05, 4.69) is 0 Å². The molecule has 150 valence electrons. The van der Waals surface area contributed by atoms with Crippen LogP contribution in [0.5, 0.6) is 0 Å². The Morgan fingerprint density at radius 3 is 2.28 bits per heavy atom. The van der Waals surface area contributed by atoms with Crippen molar-refractivity contribution >= 4 is 23.4 Å². The van der Waals surface area contributed by atoms with Gasteiger partial charge < -0.3 is 4.90 Å². The van der Waals surface area contributed by atoms with Crippen molar-refractivity contribution < 1.29 is 23.2 Å². The lowest BCUT2D eigenvalue weighted by molar-refractivity contribution is -0.123. The Hall–Kier alpha value is -3.09. The highest BCUT2D eigenvalue weighted by atomic mass is 19.1. The fraction of sp³-hybridized carbons (Fsp3) is 0.318. The number of carbonyl (C=O) groups excluding carboxylic acids is 3. The molecule has 2 aromatic rings. The van der Waals surface area contributed by atoms with E-state index < -0.39 is 35.4 Å². The number of hydrogen-bond acceptors (Lipinski definition) is 3. The molecule has 1 unspecified atom stereocenters. The molecule has 0 spiro atoms. The zero-order valence-electron chi connectivity index (χ0n) is 15.7. The second kappa shape index (κ2) is 7.73. The van der Waals surface area contributed by atoms with E-state index in [1.54, 1.807) is 6.07 Å². The fourth-order valence-corrected chi connectivity index (χ4v) is 4.21. The number of nitrogens with zero attached hydrogens (tertiary/aromatic N) is 2. The average molecular weight is 398 g/mol. The minimum Gasteiger partial charge on any atom is -0.323 e. The highest BCUT2D eigenvalue weighted by molar-refractivity contribution is 6.23. The molecule has 29 heavy (non-hydrogen) atoms. The van der Waals surface area contributed by atoms with Crippen LogP contribution >= 0.6 is 0 Å². The number of hydrogen-bond donors (Lipinski definition) is 0. The van der Waals surface area contributed by atoms with Crippen LogP contribution in [0.15, 0.2) is 48.5 Å². The molecule has 0 N–H and O–H groups in total. The SMILES string of the molecule is O=C1CC(N(C(=O)c2ccccc2F)C2CCCC2)C(=O)N1c1ccc(F)cc1. The maximum absolute atomic E-state index is 14.3. The smallest absolute Gasteiger partial charge is 0.257 e. The number of halogens is 2. The van der Waals surface area contributed by atoms with Gasteiger partial charge in [-0.3, -0.25) is 14.4 Å². The summed E-state index contributed by atoms with van der Waals surface area (Å²) in [5.74, 6) is -2.73. The number of carbonyl (C=O) groups is 3. The van der Waals surface area contributed by atoms with E-state index in [1.165, 1.54) is 47.4 Å². The van der Waals surface area contributed by atoms with Crippen molar-refractivity contribution in [1.29, 1.82) is 0 Å². The molecule has 2 aliphatic rings. The van der Waals surface area contributed by atoms with Crippen molar-refractivity contribution in [3.63, 3.8) is 0 Å². The Kier molecular flexibility index (Phi) is 5.13. The van der Waals surface area contributed by atoms with Crippen LogP contribution in [0.4, 0.5) is 14.5 Å². The molecular weight excluding hydrogens is 378 g/mol. The normalized spacial score (nSPS) is 19.8. The highest BCUT2D eigenvalue weighted by Crippen LogP contribution is 2.33. The molecule has 3 amide bonds.